The van der Waals surface area contributed by atoms with E-state index in [1.807, 2.05) is 0 Å². The van der Waals surface area contributed by atoms with Crippen LogP contribution in [0.15, 0.2) is 24.3 Å². The molecule has 1 N–H and O–H groups in total. The minimum Gasteiger partial charge on any atom is -0.389 e. The van der Waals surface area contributed by atoms with Gasteiger partial charge in [0.2, 0.25) is 0 Å². The summed E-state index contributed by atoms with van der Waals surface area (Å²) in [6.07, 6.45) is -4.10. The largest absolute Gasteiger partial charge is 0.393 e. The van der Waals surface area contributed by atoms with E-state index in [1.54, 1.807) is 36.1 Å². The predicted molar refractivity (Wildman–Crippen MR) is 68.1 cm³/mol. The van der Waals surface area contributed by atoms with Crippen LogP contribution in [0.25, 0.3) is 0 Å². The molecule has 1 aromatic rings. The van der Waals surface area contributed by atoms with Gasteiger partial charge in [0.15, 0.2) is 0 Å². The molecular formula is C14H18F3NO. The van der Waals surface area contributed by atoms with Crippen LogP contribution in [0.4, 0.5) is 18.9 Å². The number of nitrogens with zero attached hydrogens (tertiary/aromatic N) is 1. The molecule has 106 valence electrons. The molecular weight excluding hydrogens is 255 g/mol. The number of piperidine rings is 1. The normalized spacial score (nSPS) is 22.4. The molecule has 1 aromatic carbocycles. The molecule has 2 atom stereocenters. The lowest BCUT2D eigenvalue weighted by Crippen LogP contribution is -2.42. The SMILES string of the molecule is CC(O)c1ccccc1N1CCCC(C(F)(F)F)C1. The Balaban J connectivity index is 2.22. The first-order chi connectivity index (χ1) is 8.89. The summed E-state index contributed by atoms with van der Waals surface area (Å²) in [5, 5.41) is 9.71. The molecule has 1 aliphatic rings. The van der Waals surface area contributed by atoms with Crippen molar-refractivity contribution in [2.24, 2.45) is 5.92 Å². The van der Waals surface area contributed by atoms with Gasteiger partial charge in [-0.2, -0.15) is 13.2 Å². The number of para-hydroxylation sites is 1. The Morgan fingerprint density at radius 1 is 1.32 bits per heavy atom. The minimum atomic E-state index is -4.14. The van der Waals surface area contributed by atoms with Crippen molar-refractivity contribution in [2.45, 2.75) is 32.0 Å². The first-order valence-corrected chi connectivity index (χ1v) is 6.48. The Bertz CT molecular complexity index is 431. The summed E-state index contributed by atoms with van der Waals surface area (Å²) in [6.45, 7) is 2.22. The summed E-state index contributed by atoms with van der Waals surface area (Å²) in [4.78, 5) is 1.74. The van der Waals surface area contributed by atoms with Gasteiger partial charge in [0, 0.05) is 24.3 Å². The molecule has 1 saturated heterocycles. The van der Waals surface area contributed by atoms with Crippen LogP contribution in [-0.2, 0) is 0 Å². The van der Waals surface area contributed by atoms with Gasteiger partial charge in [-0.05, 0) is 25.8 Å². The number of anilines is 1. The number of benzene rings is 1. The molecule has 0 saturated carbocycles. The zero-order chi connectivity index (χ0) is 14.0. The number of halogens is 3. The van der Waals surface area contributed by atoms with Crippen LogP contribution >= 0.6 is 0 Å². The van der Waals surface area contributed by atoms with Crippen molar-refractivity contribution in [1.82, 2.24) is 0 Å². The van der Waals surface area contributed by atoms with Crippen molar-refractivity contribution in [3.8, 4) is 0 Å². The molecule has 0 radical (unpaired) electrons. The molecule has 1 heterocycles. The van der Waals surface area contributed by atoms with Crippen molar-refractivity contribution in [2.75, 3.05) is 18.0 Å². The molecule has 0 bridgehead atoms. The Labute approximate surface area is 110 Å². The third-order valence-electron chi connectivity index (χ3n) is 3.61. The summed E-state index contributed by atoms with van der Waals surface area (Å²) in [6, 6.07) is 7.12. The third kappa shape index (κ3) is 3.21. The van der Waals surface area contributed by atoms with Crippen molar-refractivity contribution in [1.29, 1.82) is 0 Å². The quantitative estimate of drug-likeness (QED) is 0.891. The van der Waals surface area contributed by atoms with Crippen LogP contribution in [0.1, 0.15) is 31.4 Å². The van der Waals surface area contributed by atoms with E-state index in [1.165, 1.54) is 0 Å². The number of aliphatic hydroxyl groups excluding tert-OH is 1. The molecule has 1 aliphatic heterocycles. The van der Waals surface area contributed by atoms with Gasteiger partial charge in [0.1, 0.15) is 0 Å². The van der Waals surface area contributed by atoms with Gasteiger partial charge in [-0.15, -0.1) is 0 Å². The lowest BCUT2D eigenvalue weighted by Gasteiger charge is -2.36. The molecule has 1 fully saturated rings. The van der Waals surface area contributed by atoms with Crippen LogP contribution < -0.4 is 4.90 Å². The van der Waals surface area contributed by atoms with E-state index in [2.05, 4.69) is 0 Å². The van der Waals surface area contributed by atoms with Crippen molar-refractivity contribution >= 4 is 5.69 Å². The molecule has 0 aromatic heterocycles. The lowest BCUT2D eigenvalue weighted by atomic mass is 9.96. The maximum atomic E-state index is 12.8. The maximum Gasteiger partial charge on any atom is 0.393 e. The molecule has 2 rings (SSSR count). The highest BCUT2D eigenvalue weighted by Crippen LogP contribution is 2.36. The van der Waals surface area contributed by atoms with E-state index in [9.17, 15) is 18.3 Å². The van der Waals surface area contributed by atoms with Gasteiger partial charge in [0.25, 0.3) is 0 Å². The highest BCUT2D eigenvalue weighted by atomic mass is 19.4. The second kappa shape index (κ2) is 5.41. The standard InChI is InChI=1S/C14H18F3NO/c1-10(19)12-6-2-3-7-13(12)18-8-4-5-11(9-18)14(15,16)17/h2-3,6-7,10-11,19H,4-5,8-9H2,1H3. The molecule has 0 aliphatic carbocycles. The number of rotatable bonds is 2. The Kier molecular flexibility index (Phi) is 4.04. The topological polar surface area (TPSA) is 23.5 Å². The first-order valence-electron chi connectivity index (χ1n) is 6.48. The van der Waals surface area contributed by atoms with Gasteiger partial charge < -0.3 is 10.0 Å². The van der Waals surface area contributed by atoms with E-state index < -0.39 is 18.2 Å². The van der Waals surface area contributed by atoms with Crippen LogP contribution in [0, 0.1) is 5.92 Å². The van der Waals surface area contributed by atoms with Crippen LogP contribution in [0.5, 0.6) is 0 Å². The van der Waals surface area contributed by atoms with E-state index in [0.717, 1.165) is 0 Å². The number of hydrogen-bond donors (Lipinski definition) is 1. The first kappa shape index (κ1) is 14.2. The highest BCUT2D eigenvalue weighted by molar-refractivity contribution is 5.54. The fourth-order valence-electron chi connectivity index (χ4n) is 2.59. The lowest BCUT2D eigenvalue weighted by molar-refractivity contribution is -0.176. The molecule has 5 heteroatoms. The summed E-state index contributed by atoms with van der Waals surface area (Å²) < 4.78 is 38.4. The van der Waals surface area contributed by atoms with Gasteiger partial charge in [0.05, 0.1) is 12.0 Å². The Hall–Kier alpha value is -1.23. The average molecular weight is 273 g/mol. The Morgan fingerprint density at radius 3 is 2.63 bits per heavy atom. The molecule has 0 spiro atoms. The zero-order valence-electron chi connectivity index (χ0n) is 10.8. The average Bonchev–Trinajstić information content (AvgIpc) is 2.38. The van der Waals surface area contributed by atoms with Crippen molar-refractivity contribution < 1.29 is 18.3 Å². The molecule has 2 nitrogen and oxygen atoms in total. The van der Waals surface area contributed by atoms with E-state index in [0.29, 0.717) is 24.2 Å². The third-order valence-corrected chi connectivity index (χ3v) is 3.61. The highest BCUT2D eigenvalue weighted by Gasteiger charge is 2.42. The fourth-order valence-corrected chi connectivity index (χ4v) is 2.59. The summed E-state index contributed by atoms with van der Waals surface area (Å²) in [5.41, 5.74) is 1.40. The molecule has 2 unspecified atom stereocenters. The molecule has 19 heavy (non-hydrogen) atoms. The smallest absolute Gasteiger partial charge is 0.389 e. The predicted octanol–water partition coefficient (Wildman–Crippen LogP) is 3.52. The zero-order valence-corrected chi connectivity index (χ0v) is 10.8. The summed E-state index contributed by atoms with van der Waals surface area (Å²) in [5.74, 6) is -1.27. The van der Waals surface area contributed by atoms with E-state index in [4.69, 9.17) is 0 Å². The van der Waals surface area contributed by atoms with Crippen LogP contribution in [0.3, 0.4) is 0 Å². The van der Waals surface area contributed by atoms with E-state index >= 15 is 0 Å². The summed E-state index contributed by atoms with van der Waals surface area (Å²) in [7, 11) is 0. The monoisotopic (exact) mass is 273 g/mol. The summed E-state index contributed by atoms with van der Waals surface area (Å²) >= 11 is 0. The number of hydrogen-bond acceptors (Lipinski definition) is 2. The van der Waals surface area contributed by atoms with Crippen LogP contribution in [-0.4, -0.2) is 24.4 Å². The minimum absolute atomic E-state index is 0.0206. The van der Waals surface area contributed by atoms with Crippen molar-refractivity contribution in [3.63, 3.8) is 0 Å². The van der Waals surface area contributed by atoms with Gasteiger partial charge >= 0.3 is 6.18 Å². The van der Waals surface area contributed by atoms with Crippen LogP contribution in [0.2, 0.25) is 0 Å². The maximum absolute atomic E-state index is 12.8. The fraction of sp³-hybridized carbons (Fsp3) is 0.571. The van der Waals surface area contributed by atoms with Crippen molar-refractivity contribution in [3.05, 3.63) is 29.8 Å². The second-order valence-electron chi connectivity index (χ2n) is 5.06. The number of aliphatic hydroxyl groups is 1. The second-order valence-corrected chi connectivity index (χ2v) is 5.06. The van der Waals surface area contributed by atoms with Gasteiger partial charge in [-0.25, -0.2) is 0 Å². The number of alkyl halides is 3. The van der Waals surface area contributed by atoms with E-state index in [-0.39, 0.29) is 13.0 Å². The van der Waals surface area contributed by atoms with Gasteiger partial charge in [-0.3, -0.25) is 0 Å². The van der Waals surface area contributed by atoms with Gasteiger partial charge in [-0.1, -0.05) is 18.2 Å². The molecule has 0 amide bonds. The Morgan fingerprint density at radius 2 is 2.00 bits per heavy atom.